The van der Waals surface area contributed by atoms with Gasteiger partial charge in [-0.05, 0) is 43.7 Å². The number of aromatic nitrogens is 2. The molecule has 0 aromatic carbocycles. The fourth-order valence-corrected chi connectivity index (χ4v) is 3.33. The predicted molar refractivity (Wildman–Crippen MR) is 82.4 cm³/mol. The van der Waals surface area contributed by atoms with Crippen LogP contribution in [0.25, 0.3) is 0 Å². The van der Waals surface area contributed by atoms with Crippen LogP contribution in [0.1, 0.15) is 55.9 Å². The normalized spacial score (nSPS) is 25.9. The van der Waals surface area contributed by atoms with Gasteiger partial charge in [0.05, 0.1) is 0 Å². The molecule has 2 fully saturated rings. The fraction of sp³-hybridized carbons (Fsp3) is 0.688. The van der Waals surface area contributed by atoms with Crippen molar-refractivity contribution in [3.63, 3.8) is 0 Å². The monoisotopic (exact) mass is 288 g/mol. The van der Waals surface area contributed by atoms with Crippen LogP contribution in [-0.4, -0.2) is 35.2 Å². The zero-order chi connectivity index (χ0) is 14.7. The van der Waals surface area contributed by atoms with E-state index < -0.39 is 0 Å². The van der Waals surface area contributed by atoms with E-state index in [9.17, 15) is 4.79 Å². The highest BCUT2D eigenvalue weighted by Crippen LogP contribution is 2.24. The Morgan fingerprint density at radius 2 is 1.90 bits per heavy atom. The maximum absolute atomic E-state index is 12.3. The Hall–Kier alpha value is -1.65. The summed E-state index contributed by atoms with van der Waals surface area (Å²) >= 11 is 0. The molecule has 1 saturated heterocycles. The van der Waals surface area contributed by atoms with Crippen molar-refractivity contribution in [2.24, 2.45) is 5.92 Å². The van der Waals surface area contributed by atoms with Gasteiger partial charge >= 0.3 is 0 Å². The van der Waals surface area contributed by atoms with Crippen molar-refractivity contribution in [2.45, 2.75) is 51.5 Å². The van der Waals surface area contributed by atoms with Crippen LogP contribution in [0.4, 0.5) is 5.82 Å². The van der Waals surface area contributed by atoms with Gasteiger partial charge in [-0.25, -0.2) is 0 Å². The van der Waals surface area contributed by atoms with Gasteiger partial charge < -0.3 is 10.2 Å². The van der Waals surface area contributed by atoms with Gasteiger partial charge in [0.25, 0.3) is 5.91 Å². The van der Waals surface area contributed by atoms with E-state index in [1.54, 1.807) is 6.07 Å². The standard InChI is InChI=1S/C16H24N4O/c1-12-6-2-3-7-13(12)17-16(21)14-8-9-15(19-18-14)20-10-4-5-11-20/h8-9,12-13H,2-7,10-11H2,1H3,(H,17,21)/t12-,13-/m1/s1. The van der Waals surface area contributed by atoms with E-state index in [0.717, 1.165) is 25.3 Å². The minimum Gasteiger partial charge on any atom is -0.355 e. The molecule has 21 heavy (non-hydrogen) atoms. The molecule has 0 unspecified atom stereocenters. The largest absolute Gasteiger partial charge is 0.355 e. The number of hydrogen-bond donors (Lipinski definition) is 1. The van der Waals surface area contributed by atoms with Gasteiger partial charge in [-0.2, -0.15) is 0 Å². The van der Waals surface area contributed by atoms with E-state index in [1.807, 2.05) is 6.07 Å². The molecule has 1 aromatic heterocycles. The summed E-state index contributed by atoms with van der Waals surface area (Å²) < 4.78 is 0. The summed E-state index contributed by atoms with van der Waals surface area (Å²) in [6, 6.07) is 3.99. The van der Waals surface area contributed by atoms with Crippen molar-refractivity contribution >= 4 is 11.7 Å². The maximum Gasteiger partial charge on any atom is 0.272 e. The molecule has 1 amide bonds. The van der Waals surface area contributed by atoms with Crippen LogP contribution >= 0.6 is 0 Å². The molecule has 1 aromatic rings. The first-order chi connectivity index (χ1) is 10.2. The molecule has 5 heteroatoms. The van der Waals surface area contributed by atoms with E-state index in [0.29, 0.717) is 11.6 Å². The van der Waals surface area contributed by atoms with Gasteiger partial charge in [-0.1, -0.05) is 19.8 Å². The first-order valence-electron chi connectivity index (χ1n) is 8.13. The predicted octanol–water partition coefficient (Wildman–Crippen LogP) is 2.39. The SMILES string of the molecule is C[C@@H]1CCCC[C@H]1NC(=O)c1ccc(N2CCCC2)nn1. The van der Waals surface area contributed by atoms with Crippen molar-refractivity contribution in [3.8, 4) is 0 Å². The average Bonchev–Trinajstić information content (AvgIpc) is 3.04. The Kier molecular flexibility index (Phi) is 4.36. The zero-order valence-electron chi connectivity index (χ0n) is 12.7. The van der Waals surface area contributed by atoms with Crippen LogP contribution in [0.5, 0.6) is 0 Å². The summed E-state index contributed by atoms with van der Waals surface area (Å²) in [5.74, 6) is 1.35. The molecule has 5 nitrogen and oxygen atoms in total. The molecule has 114 valence electrons. The third-order valence-electron chi connectivity index (χ3n) is 4.74. The van der Waals surface area contributed by atoms with Crippen molar-refractivity contribution in [3.05, 3.63) is 17.8 Å². The molecule has 2 atom stereocenters. The van der Waals surface area contributed by atoms with Gasteiger partial charge in [0.1, 0.15) is 0 Å². The van der Waals surface area contributed by atoms with Crippen LogP contribution in [-0.2, 0) is 0 Å². The van der Waals surface area contributed by atoms with Crippen molar-refractivity contribution in [1.29, 1.82) is 0 Å². The second kappa shape index (κ2) is 6.41. The minimum absolute atomic E-state index is 0.0887. The lowest BCUT2D eigenvalue weighted by Crippen LogP contribution is -2.41. The number of anilines is 1. The topological polar surface area (TPSA) is 58.1 Å². The Morgan fingerprint density at radius 1 is 1.14 bits per heavy atom. The zero-order valence-corrected chi connectivity index (χ0v) is 12.7. The summed E-state index contributed by atoms with van der Waals surface area (Å²) in [5, 5.41) is 11.4. The molecular formula is C16H24N4O. The van der Waals surface area contributed by atoms with Gasteiger partial charge in [0.15, 0.2) is 11.5 Å². The number of nitrogens with one attached hydrogen (secondary N) is 1. The lowest BCUT2D eigenvalue weighted by molar-refractivity contribution is 0.0904. The van der Waals surface area contributed by atoms with Crippen LogP contribution in [0.3, 0.4) is 0 Å². The molecular weight excluding hydrogens is 264 g/mol. The lowest BCUT2D eigenvalue weighted by Gasteiger charge is -2.29. The van der Waals surface area contributed by atoms with E-state index in [1.165, 1.54) is 32.1 Å². The quantitative estimate of drug-likeness (QED) is 0.928. The molecule has 1 aliphatic carbocycles. The number of hydrogen-bond acceptors (Lipinski definition) is 4. The Balaban J connectivity index is 1.61. The molecule has 3 rings (SSSR count). The fourth-order valence-electron chi connectivity index (χ4n) is 3.33. The van der Waals surface area contributed by atoms with Crippen LogP contribution in [0, 0.1) is 5.92 Å². The molecule has 0 radical (unpaired) electrons. The maximum atomic E-state index is 12.3. The van der Waals surface area contributed by atoms with Gasteiger partial charge in [-0.15, -0.1) is 10.2 Å². The highest BCUT2D eigenvalue weighted by molar-refractivity contribution is 5.92. The third-order valence-corrected chi connectivity index (χ3v) is 4.74. The Morgan fingerprint density at radius 3 is 2.57 bits per heavy atom. The molecule has 2 aliphatic rings. The first kappa shape index (κ1) is 14.3. The number of rotatable bonds is 3. The van der Waals surface area contributed by atoms with Crippen LogP contribution in [0.15, 0.2) is 12.1 Å². The van der Waals surface area contributed by atoms with Gasteiger partial charge in [0.2, 0.25) is 0 Å². The lowest BCUT2D eigenvalue weighted by atomic mass is 9.86. The molecule has 2 heterocycles. The number of nitrogens with zero attached hydrogens (tertiary/aromatic N) is 3. The summed E-state index contributed by atoms with van der Waals surface area (Å²) in [5.41, 5.74) is 0.427. The summed E-state index contributed by atoms with van der Waals surface area (Å²) in [6.45, 7) is 4.30. The smallest absolute Gasteiger partial charge is 0.272 e. The number of carbonyl (C=O) groups excluding carboxylic acids is 1. The molecule has 1 aliphatic heterocycles. The molecule has 0 spiro atoms. The molecule has 0 bridgehead atoms. The number of carbonyl (C=O) groups is 1. The van der Waals surface area contributed by atoms with E-state index in [-0.39, 0.29) is 11.9 Å². The minimum atomic E-state index is -0.0887. The Bertz CT molecular complexity index is 482. The second-order valence-electron chi connectivity index (χ2n) is 6.31. The van der Waals surface area contributed by atoms with Crippen molar-refractivity contribution in [2.75, 3.05) is 18.0 Å². The average molecular weight is 288 g/mol. The highest BCUT2D eigenvalue weighted by Gasteiger charge is 2.24. The first-order valence-corrected chi connectivity index (χ1v) is 8.13. The Labute approximate surface area is 126 Å². The highest BCUT2D eigenvalue weighted by atomic mass is 16.2. The van der Waals surface area contributed by atoms with Crippen molar-refractivity contribution in [1.82, 2.24) is 15.5 Å². The molecule has 1 saturated carbocycles. The van der Waals surface area contributed by atoms with E-state index in [2.05, 4.69) is 27.3 Å². The third kappa shape index (κ3) is 3.34. The summed E-state index contributed by atoms with van der Waals surface area (Å²) in [7, 11) is 0. The van der Waals surface area contributed by atoms with E-state index in [4.69, 9.17) is 0 Å². The van der Waals surface area contributed by atoms with Crippen LogP contribution < -0.4 is 10.2 Å². The molecule has 1 N–H and O–H groups in total. The van der Waals surface area contributed by atoms with Gasteiger partial charge in [0, 0.05) is 19.1 Å². The van der Waals surface area contributed by atoms with E-state index >= 15 is 0 Å². The number of amides is 1. The second-order valence-corrected chi connectivity index (χ2v) is 6.31. The van der Waals surface area contributed by atoms with Crippen molar-refractivity contribution < 1.29 is 4.79 Å². The van der Waals surface area contributed by atoms with Gasteiger partial charge in [-0.3, -0.25) is 4.79 Å². The summed E-state index contributed by atoms with van der Waals surface area (Å²) in [6.07, 6.45) is 7.18. The van der Waals surface area contributed by atoms with Crippen LogP contribution in [0.2, 0.25) is 0 Å². The summed E-state index contributed by atoms with van der Waals surface area (Å²) in [4.78, 5) is 14.5.